The summed E-state index contributed by atoms with van der Waals surface area (Å²) < 4.78 is 15.5. The van der Waals surface area contributed by atoms with Crippen molar-refractivity contribution in [1.82, 2.24) is 30.0 Å². The lowest BCUT2D eigenvalue weighted by Crippen LogP contribution is -2.26. The van der Waals surface area contributed by atoms with Gasteiger partial charge in [0.25, 0.3) is 0 Å². The molecule has 0 spiro atoms. The molecule has 2 N–H and O–H groups in total. The minimum Gasteiger partial charge on any atom is -0.347 e. The topological polar surface area (TPSA) is 71.4 Å². The summed E-state index contributed by atoms with van der Waals surface area (Å²) in [6.45, 7) is 1.75. The summed E-state index contributed by atoms with van der Waals surface area (Å²) in [7, 11) is 0. The predicted octanol–water partition coefficient (Wildman–Crippen LogP) is 2.79. The molecule has 3 aromatic rings. The van der Waals surface area contributed by atoms with E-state index in [0.29, 0.717) is 0 Å². The number of aryl methyl sites for hydroxylation is 1. The Kier molecular flexibility index (Phi) is 5.06. The van der Waals surface area contributed by atoms with Gasteiger partial charge in [0, 0.05) is 38.3 Å². The summed E-state index contributed by atoms with van der Waals surface area (Å²) in [5.41, 5.74) is 0.974. The van der Waals surface area contributed by atoms with Crippen molar-refractivity contribution in [3.8, 4) is 0 Å². The molecule has 136 valence electrons. The Labute approximate surface area is 151 Å². The largest absolute Gasteiger partial charge is 0.347 e. The zero-order valence-corrected chi connectivity index (χ0v) is 14.7. The highest BCUT2D eigenvalue weighted by Gasteiger charge is 2.18. The first-order valence-electron chi connectivity index (χ1n) is 9.20. The van der Waals surface area contributed by atoms with Crippen LogP contribution in [0.5, 0.6) is 0 Å². The lowest BCUT2D eigenvalue weighted by atomic mass is 10.1. The minimum atomic E-state index is -0.238. The van der Waals surface area contributed by atoms with Gasteiger partial charge in [0.15, 0.2) is 0 Å². The third kappa shape index (κ3) is 3.67. The molecule has 1 atom stereocenters. The predicted molar refractivity (Wildman–Crippen MR) is 96.1 cm³/mol. The number of H-pyrrole nitrogens is 1. The highest BCUT2D eigenvalue weighted by molar-refractivity contribution is 5.25. The smallest absolute Gasteiger partial charge is 0.134 e. The van der Waals surface area contributed by atoms with E-state index in [4.69, 9.17) is 0 Å². The van der Waals surface area contributed by atoms with E-state index in [9.17, 15) is 4.39 Å². The standard InChI is InChI=1S/C19H23FN6/c20-15-7-5-14(6-8-15)18(19-22-11-12-23-19)21-10-9-17-25-24-16-4-2-1-3-13-26(16)17/h5-8,11-12,18,21H,1-4,9-10,13H2,(H,22,23). The summed E-state index contributed by atoms with van der Waals surface area (Å²) in [5.74, 6) is 2.72. The molecule has 1 unspecified atom stereocenters. The number of aromatic amines is 1. The number of halogens is 1. The number of hydrogen-bond acceptors (Lipinski definition) is 4. The van der Waals surface area contributed by atoms with Crippen LogP contribution in [0.3, 0.4) is 0 Å². The number of nitrogens with one attached hydrogen (secondary N) is 2. The van der Waals surface area contributed by atoms with Crippen molar-refractivity contribution in [3.63, 3.8) is 0 Å². The van der Waals surface area contributed by atoms with E-state index in [1.165, 1.54) is 31.4 Å². The van der Waals surface area contributed by atoms with E-state index in [-0.39, 0.29) is 11.9 Å². The van der Waals surface area contributed by atoms with Gasteiger partial charge in [0.05, 0.1) is 6.04 Å². The Balaban J connectivity index is 1.46. The monoisotopic (exact) mass is 354 g/mol. The SMILES string of the molecule is Fc1ccc(C(NCCc2nnc3n2CCCCC3)c2ncc[nH]2)cc1. The molecule has 3 heterocycles. The first-order chi connectivity index (χ1) is 12.8. The molecule has 1 aromatic carbocycles. The number of benzene rings is 1. The first kappa shape index (κ1) is 16.9. The van der Waals surface area contributed by atoms with E-state index in [1.54, 1.807) is 24.5 Å². The summed E-state index contributed by atoms with van der Waals surface area (Å²) in [6, 6.07) is 6.42. The minimum absolute atomic E-state index is 0.114. The van der Waals surface area contributed by atoms with Gasteiger partial charge in [-0.3, -0.25) is 0 Å². The van der Waals surface area contributed by atoms with Gasteiger partial charge in [-0.25, -0.2) is 9.37 Å². The Bertz CT molecular complexity index is 824. The summed E-state index contributed by atoms with van der Waals surface area (Å²) in [5, 5.41) is 12.3. The third-order valence-electron chi connectivity index (χ3n) is 4.88. The fraction of sp³-hybridized carbons (Fsp3) is 0.421. The van der Waals surface area contributed by atoms with Crippen molar-refractivity contribution in [2.75, 3.05) is 6.54 Å². The molecule has 1 aliphatic rings. The second-order valence-electron chi connectivity index (χ2n) is 6.66. The van der Waals surface area contributed by atoms with Gasteiger partial charge < -0.3 is 14.9 Å². The number of nitrogens with zero attached hydrogens (tertiary/aromatic N) is 4. The number of fused-ring (bicyclic) bond motifs is 1. The van der Waals surface area contributed by atoms with E-state index >= 15 is 0 Å². The molecule has 7 heteroatoms. The average Bonchev–Trinajstić information content (AvgIpc) is 3.25. The van der Waals surface area contributed by atoms with E-state index in [0.717, 1.165) is 49.0 Å². The maximum Gasteiger partial charge on any atom is 0.134 e. The molecule has 0 radical (unpaired) electrons. The van der Waals surface area contributed by atoms with Crippen LogP contribution in [0.15, 0.2) is 36.7 Å². The molecule has 6 nitrogen and oxygen atoms in total. The van der Waals surface area contributed by atoms with E-state index in [2.05, 4.69) is 30.0 Å². The Morgan fingerprint density at radius 3 is 2.85 bits per heavy atom. The lowest BCUT2D eigenvalue weighted by Gasteiger charge is -2.17. The number of hydrogen-bond donors (Lipinski definition) is 2. The second-order valence-corrected chi connectivity index (χ2v) is 6.66. The second kappa shape index (κ2) is 7.78. The van der Waals surface area contributed by atoms with Gasteiger partial charge in [-0.05, 0) is 30.5 Å². The van der Waals surface area contributed by atoms with Gasteiger partial charge in [-0.2, -0.15) is 0 Å². The average molecular weight is 354 g/mol. The van der Waals surface area contributed by atoms with Gasteiger partial charge in [-0.1, -0.05) is 18.6 Å². The number of aromatic nitrogens is 5. The van der Waals surface area contributed by atoms with Gasteiger partial charge in [-0.15, -0.1) is 10.2 Å². The van der Waals surface area contributed by atoms with Crippen LogP contribution in [0, 0.1) is 5.82 Å². The van der Waals surface area contributed by atoms with E-state index < -0.39 is 0 Å². The van der Waals surface area contributed by atoms with Crippen molar-refractivity contribution < 1.29 is 4.39 Å². The molecule has 0 bridgehead atoms. The van der Waals surface area contributed by atoms with Crippen LogP contribution < -0.4 is 5.32 Å². The van der Waals surface area contributed by atoms with Crippen LogP contribution in [0.1, 0.15) is 48.3 Å². The summed E-state index contributed by atoms with van der Waals surface area (Å²) in [6.07, 6.45) is 8.98. The molecule has 0 saturated heterocycles. The maximum atomic E-state index is 13.3. The maximum absolute atomic E-state index is 13.3. The third-order valence-corrected chi connectivity index (χ3v) is 4.88. The molecule has 0 amide bonds. The van der Waals surface area contributed by atoms with Crippen molar-refractivity contribution >= 4 is 0 Å². The molecule has 0 aliphatic carbocycles. The summed E-state index contributed by atoms with van der Waals surface area (Å²) in [4.78, 5) is 7.52. The summed E-state index contributed by atoms with van der Waals surface area (Å²) >= 11 is 0. The Morgan fingerprint density at radius 1 is 1.15 bits per heavy atom. The lowest BCUT2D eigenvalue weighted by molar-refractivity contribution is 0.551. The van der Waals surface area contributed by atoms with Crippen molar-refractivity contribution in [2.45, 2.75) is 44.7 Å². The van der Waals surface area contributed by atoms with Crippen LogP contribution in [-0.2, 0) is 19.4 Å². The highest BCUT2D eigenvalue weighted by Crippen LogP contribution is 2.20. The number of imidazole rings is 1. The normalized spacial score (nSPS) is 15.4. The zero-order chi connectivity index (χ0) is 17.8. The van der Waals surface area contributed by atoms with Crippen molar-refractivity contribution in [3.05, 3.63) is 65.5 Å². The van der Waals surface area contributed by atoms with Crippen molar-refractivity contribution in [2.24, 2.45) is 0 Å². The molecule has 0 fully saturated rings. The van der Waals surface area contributed by atoms with E-state index in [1.807, 2.05) is 0 Å². The van der Waals surface area contributed by atoms with Crippen LogP contribution >= 0.6 is 0 Å². The molecule has 2 aromatic heterocycles. The van der Waals surface area contributed by atoms with Crippen LogP contribution in [0.4, 0.5) is 4.39 Å². The molecule has 1 aliphatic heterocycles. The van der Waals surface area contributed by atoms with Crippen molar-refractivity contribution in [1.29, 1.82) is 0 Å². The molecular formula is C19H23FN6. The van der Waals surface area contributed by atoms with Crippen LogP contribution in [0.25, 0.3) is 0 Å². The number of rotatable bonds is 6. The van der Waals surface area contributed by atoms with Crippen LogP contribution in [0.2, 0.25) is 0 Å². The van der Waals surface area contributed by atoms with Crippen LogP contribution in [-0.4, -0.2) is 31.3 Å². The zero-order valence-electron chi connectivity index (χ0n) is 14.7. The quantitative estimate of drug-likeness (QED) is 0.714. The molecule has 26 heavy (non-hydrogen) atoms. The Morgan fingerprint density at radius 2 is 2.04 bits per heavy atom. The fourth-order valence-electron chi connectivity index (χ4n) is 3.52. The molecular weight excluding hydrogens is 331 g/mol. The molecule has 4 rings (SSSR count). The molecule has 0 saturated carbocycles. The van der Waals surface area contributed by atoms with Gasteiger partial charge in [0.1, 0.15) is 23.3 Å². The fourth-order valence-corrected chi connectivity index (χ4v) is 3.52. The first-order valence-corrected chi connectivity index (χ1v) is 9.20. The Hall–Kier alpha value is -2.54. The van der Waals surface area contributed by atoms with Gasteiger partial charge in [0.2, 0.25) is 0 Å². The highest BCUT2D eigenvalue weighted by atomic mass is 19.1. The van der Waals surface area contributed by atoms with Gasteiger partial charge >= 0.3 is 0 Å².